The van der Waals surface area contributed by atoms with Crippen molar-refractivity contribution < 1.29 is 14.4 Å². The minimum absolute atomic E-state index is 0.0172. The van der Waals surface area contributed by atoms with Crippen LogP contribution in [0, 0.1) is 6.92 Å². The molecule has 8 nitrogen and oxygen atoms in total. The number of aryl methyl sites for hydroxylation is 1. The van der Waals surface area contributed by atoms with Crippen molar-refractivity contribution in [3.05, 3.63) is 76.9 Å². The fourth-order valence-electron chi connectivity index (χ4n) is 3.95. The fraction of sp³-hybridized carbons (Fsp3) is 0.357. The maximum atomic E-state index is 13.1. The lowest BCUT2D eigenvalue weighted by molar-refractivity contribution is 0.0628. The highest BCUT2D eigenvalue weighted by Crippen LogP contribution is 2.19. The van der Waals surface area contributed by atoms with E-state index in [0.29, 0.717) is 43.0 Å². The molecule has 0 aromatic heterocycles. The Labute approximate surface area is 213 Å². The van der Waals surface area contributed by atoms with Gasteiger partial charge in [-0.25, -0.2) is 9.79 Å². The van der Waals surface area contributed by atoms with Crippen LogP contribution < -0.4 is 10.6 Å². The average Bonchev–Trinajstić information content (AvgIpc) is 2.84. The van der Waals surface area contributed by atoms with E-state index in [4.69, 9.17) is 0 Å². The number of carbonyl (C=O) groups is 3. The summed E-state index contributed by atoms with van der Waals surface area (Å²) in [5, 5.41) is 5.54. The molecule has 1 saturated heterocycles. The van der Waals surface area contributed by atoms with E-state index >= 15 is 0 Å². The summed E-state index contributed by atoms with van der Waals surface area (Å²) in [5.41, 5.74) is 5.32. The van der Waals surface area contributed by atoms with Gasteiger partial charge >= 0.3 is 6.03 Å². The molecule has 2 N–H and O–H groups in total. The van der Waals surface area contributed by atoms with Crippen LogP contribution in [0.4, 0.5) is 10.5 Å². The van der Waals surface area contributed by atoms with Gasteiger partial charge in [-0.15, -0.1) is 0 Å². The lowest BCUT2D eigenvalue weighted by atomic mass is 10.1. The molecule has 4 amide bonds. The molecule has 1 aliphatic heterocycles. The minimum atomic E-state index is -0.306. The van der Waals surface area contributed by atoms with E-state index in [0.717, 1.165) is 35.5 Å². The van der Waals surface area contributed by atoms with Crippen LogP contribution >= 0.6 is 0 Å². The van der Waals surface area contributed by atoms with Crippen molar-refractivity contribution in [2.75, 3.05) is 38.0 Å². The third-order valence-corrected chi connectivity index (χ3v) is 5.84. The number of hydrogen-bond acceptors (Lipinski definition) is 4. The first-order valence-electron chi connectivity index (χ1n) is 12.1. The molecular weight excluding hydrogens is 454 g/mol. The lowest BCUT2D eigenvalue weighted by Crippen LogP contribution is -2.48. The Morgan fingerprint density at radius 2 is 1.69 bits per heavy atom. The van der Waals surface area contributed by atoms with Gasteiger partial charge in [0, 0.05) is 61.8 Å². The van der Waals surface area contributed by atoms with Crippen molar-refractivity contribution in [3.63, 3.8) is 0 Å². The van der Waals surface area contributed by atoms with E-state index in [9.17, 15) is 14.4 Å². The van der Waals surface area contributed by atoms with Gasteiger partial charge in [-0.2, -0.15) is 0 Å². The number of piperazine rings is 1. The number of aliphatic imine (C=N–C) groups is 1. The van der Waals surface area contributed by atoms with Gasteiger partial charge in [-0.1, -0.05) is 24.3 Å². The number of anilines is 1. The van der Waals surface area contributed by atoms with Gasteiger partial charge < -0.3 is 15.5 Å². The van der Waals surface area contributed by atoms with Crippen LogP contribution in [0.1, 0.15) is 52.6 Å². The van der Waals surface area contributed by atoms with Crippen LogP contribution in [0.5, 0.6) is 0 Å². The standard InChI is InChI=1S/C28H35N5O3/c1-19(2)17-29-28(36)31-25-10-9-24(15-21(25)5)27(35)33-13-11-32(12-14-33)18-22-7-6-8-23(16-22)26(34)30-20(3)4/h6-10,15-16H,1,11-14,17-18H2,2-5H3,(H2,29,31,36). The van der Waals surface area contributed by atoms with E-state index in [-0.39, 0.29) is 17.8 Å². The van der Waals surface area contributed by atoms with Crippen molar-refractivity contribution in [1.82, 2.24) is 15.1 Å². The first kappa shape index (κ1) is 26.8. The molecule has 1 fully saturated rings. The van der Waals surface area contributed by atoms with E-state index < -0.39 is 0 Å². The van der Waals surface area contributed by atoms with Crippen molar-refractivity contribution >= 4 is 29.2 Å². The zero-order chi connectivity index (χ0) is 26.2. The largest absolute Gasteiger partial charge is 0.336 e. The smallest absolute Gasteiger partial charge is 0.319 e. The Hall–Kier alpha value is -3.78. The summed E-state index contributed by atoms with van der Waals surface area (Å²) in [6, 6.07) is 12.6. The van der Waals surface area contributed by atoms with Crippen LogP contribution in [-0.4, -0.2) is 66.1 Å². The zero-order valence-corrected chi connectivity index (χ0v) is 21.6. The molecule has 0 atom stereocenters. The highest BCUT2D eigenvalue weighted by atomic mass is 16.2. The second kappa shape index (κ2) is 12.3. The summed E-state index contributed by atoms with van der Waals surface area (Å²) < 4.78 is 0. The Morgan fingerprint density at radius 1 is 0.972 bits per heavy atom. The first-order valence-corrected chi connectivity index (χ1v) is 12.1. The van der Waals surface area contributed by atoms with Gasteiger partial charge in [0.1, 0.15) is 0 Å². The summed E-state index contributed by atoms with van der Waals surface area (Å²) >= 11 is 0. The average molecular weight is 490 g/mol. The molecule has 190 valence electrons. The SMILES string of the molecule is C=C(C)CNC(=O)Nc1ccc(C(=O)N2CCN(Cc3cccc(C(=O)N=C(C)C)c3)CC2)cc1C. The topological polar surface area (TPSA) is 94.1 Å². The van der Waals surface area contributed by atoms with Crippen LogP contribution in [0.2, 0.25) is 0 Å². The minimum Gasteiger partial charge on any atom is -0.336 e. The molecular formula is C28H35N5O3. The summed E-state index contributed by atoms with van der Waals surface area (Å²) in [5.74, 6) is -0.243. The first-order chi connectivity index (χ1) is 17.1. The molecule has 0 unspecified atom stereocenters. The number of urea groups is 1. The molecule has 2 aromatic rings. The number of carbonyl (C=O) groups excluding carboxylic acids is 3. The van der Waals surface area contributed by atoms with Crippen molar-refractivity contribution in [3.8, 4) is 0 Å². The normalized spacial score (nSPS) is 13.6. The Balaban J connectivity index is 1.54. The van der Waals surface area contributed by atoms with E-state index in [1.165, 1.54) is 0 Å². The Kier molecular flexibility index (Phi) is 9.13. The van der Waals surface area contributed by atoms with Crippen molar-refractivity contribution in [2.45, 2.75) is 34.2 Å². The van der Waals surface area contributed by atoms with E-state index in [2.05, 4.69) is 27.1 Å². The molecule has 0 spiro atoms. The Morgan fingerprint density at radius 3 is 2.33 bits per heavy atom. The molecule has 1 heterocycles. The highest BCUT2D eigenvalue weighted by Gasteiger charge is 2.23. The monoisotopic (exact) mass is 489 g/mol. The van der Waals surface area contributed by atoms with Crippen LogP contribution in [0.15, 0.2) is 59.6 Å². The van der Waals surface area contributed by atoms with Crippen molar-refractivity contribution in [2.24, 2.45) is 4.99 Å². The quantitative estimate of drug-likeness (QED) is 0.449. The summed E-state index contributed by atoms with van der Waals surface area (Å²) in [6.07, 6.45) is 0. The number of rotatable bonds is 7. The summed E-state index contributed by atoms with van der Waals surface area (Å²) in [7, 11) is 0. The van der Waals surface area contributed by atoms with Gasteiger partial charge in [0.05, 0.1) is 0 Å². The predicted molar refractivity (Wildman–Crippen MR) is 144 cm³/mol. The van der Waals surface area contributed by atoms with Gasteiger partial charge in [-0.05, 0) is 69.2 Å². The van der Waals surface area contributed by atoms with Gasteiger partial charge in [-0.3, -0.25) is 14.5 Å². The van der Waals surface area contributed by atoms with Gasteiger partial charge in [0.2, 0.25) is 0 Å². The molecule has 0 saturated carbocycles. The number of nitrogens with zero attached hydrogens (tertiary/aromatic N) is 3. The number of hydrogen-bond donors (Lipinski definition) is 2. The predicted octanol–water partition coefficient (Wildman–Crippen LogP) is 4.27. The third kappa shape index (κ3) is 7.61. The van der Waals surface area contributed by atoms with E-state index in [1.807, 2.05) is 43.0 Å². The van der Waals surface area contributed by atoms with Crippen LogP contribution in [0.25, 0.3) is 0 Å². The molecule has 0 radical (unpaired) electrons. The summed E-state index contributed by atoms with van der Waals surface area (Å²) in [6.45, 7) is 15.0. The molecule has 8 heteroatoms. The van der Waals surface area contributed by atoms with Gasteiger partial charge in [0.25, 0.3) is 11.8 Å². The number of benzene rings is 2. The lowest BCUT2D eigenvalue weighted by Gasteiger charge is -2.35. The molecule has 0 aliphatic carbocycles. The molecule has 36 heavy (non-hydrogen) atoms. The fourth-order valence-corrected chi connectivity index (χ4v) is 3.95. The molecule has 0 bridgehead atoms. The molecule has 3 rings (SSSR count). The maximum Gasteiger partial charge on any atom is 0.319 e. The number of nitrogens with one attached hydrogen (secondary N) is 2. The third-order valence-electron chi connectivity index (χ3n) is 5.84. The van der Waals surface area contributed by atoms with Crippen LogP contribution in [-0.2, 0) is 6.54 Å². The molecule has 2 aromatic carbocycles. The highest BCUT2D eigenvalue weighted by molar-refractivity contribution is 6.02. The number of amides is 4. The summed E-state index contributed by atoms with van der Waals surface area (Å²) in [4.78, 5) is 45.5. The van der Waals surface area contributed by atoms with Gasteiger partial charge in [0.15, 0.2) is 0 Å². The molecule has 1 aliphatic rings. The van der Waals surface area contributed by atoms with E-state index in [1.54, 1.807) is 32.0 Å². The maximum absolute atomic E-state index is 13.1. The second-order valence-corrected chi connectivity index (χ2v) is 9.43. The second-order valence-electron chi connectivity index (χ2n) is 9.43. The zero-order valence-electron chi connectivity index (χ0n) is 21.6. The van der Waals surface area contributed by atoms with Crippen LogP contribution in [0.3, 0.4) is 0 Å². The Bertz CT molecular complexity index is 1180. The van der Waals surface area contributed by atoms with Crippen molar-refractivity contribution in [1.29, 1.82) is 0 Å².